The normalized spacial score (nSPS) is 10.1. The van der Waals surface area contributed by atoms with Crippen molar-refractivity contribution in [2.45, 2.75) is 0 Å². The fourth-order valence-corrected chi connectivity index (χ4v) is 1.35. The fourth-order valence-electron chi connectivity index (χ4n) is 1.35. The Morgan fingerprint density at radius 1 is 1.32 bits per heavy atom. The Kier molecular flexibility index (Phi) is 5.81. The van der Waals surface area contributed by atoms with E-state index < -0.39 is 5.97 Å². The van der Waals surface area contributed by atoms with Crippen molar-refractivity contribution in [1.29, 1.82) is 0 Å². The quantitative estimate of drug-likeness (QED) is 0.769. The van der Waals surface area contributed by atoms with Gasteiger partial charge in [0.25, 0.3) is 0 Å². The van der Waals surface area contributed by atoms with Crippen LogP contribution in [0.2, 0.25) is 0 Å². The topological polar surface area (TPSA) is 67.9 Å². The highest BCUT2D eigenvalue weighted by molar-refractivity contribution is 5.92. The smallest absolute Gasteiger partial charge is 0.343 e. The molecule has 6 nitrogen and oxygen atoms in total. The summed E-state index contributed by atoms with van der Waals surface area (Å²) in [5.74, 6) is -0.0785. The van der Waals surface area contributed by atoms with Crippen LogP contribution in [0.4, 0.5) is 5.69 Å². The van der Waals surface area contributed by atoms with Gasteiger partial charge in [-0.2, -0.15) is 0 Å². The molecule has 0 heterocycles. The van der Waals surface area contributed by atoms with E-state index in [2.05, 4.69) is 10.1 Å². The molecule has 1 amide bonds. The Morgan fingerprint density at radius 2 is 2.05 bits per heavy atom. The molecule has 1 rings (SSSR count). The molecule has 0 fully saturated rings. The molecule has 0 radical (unpaired) electrons. The summed E-state index contributed by atoms with van der Waals surface area (Å²) in [5.41, 5.74) is 0.620. The van der Waals surface area contributed by atoms with Crippen molar-refractivity contribution in [2.75, 3.05) is 39.7 Å². The van der Waals surface area contributed by atoms with E-state index in [-0.39, 0.29) is 12.5 Å². The largest absolute Gasteiger partial charge is 0.482 e. The first-order chi connectivity index (χ1) is 9.01. The van der Waals surface area contributed by atoms with Crippen molar-refractivity contribution in [2.24, 2.45) is 0 Å². The number of methoxy groups -OCH3 is 1. The first-order valence-corrected chi connectivity index (χ1v) is 5.75. The first kappa shape index (κ1) is 15.0. The predicted molar refractivity (Wildman–Crippen MR) is 71.1 cm³/mol. The minimum Gasteiger partial charge on any atom is -0.482 e. The number of hydrogen-bond donors (Lipinski definition) is 1. The number of carbonyl (C=O) groups excluding carboxylic acids is 2. The van der Waals surface area contributed by atoms with Crippen LogP contribution in [0.3, 0.4) is 0 Å². The Hall–Kier alpha value is -2.08. The lowest BCUT2D eigenvalue weighted by molar-refractivity contribution is -0.142. The van der Waals surface area contributed by atoms with Gasteiger partial charge in [-0.15, -0.1) is 0 Å². The average molecular weight is 266 g/mol. The second-order valence-electron chi connectivity index (χ2n) is 4.18. The standard InChI is InChI=1S/C13H18N2O4/c1-15(2)8-12(16)14-10-5-4-6-11(7-10)19-9-13(17)18-3/h4-7H,8-9H2,1-3H3,(H,14,16). The maximum atomic E-state index is 11.6. The Labute approximate surface area is 112 Å². The van der Waals surface area contributed by atoms with Gasteiger partial charge < -0.3 is 19.7 Å². The van der Waals surface area contributed by atoms with Crippen molar-refractivity contribution in [3.63, 3.8) is 0 Å². The van der Waals surface area contributed by atoms with E-state index in [1.54, 1.807) is 29.2 Å². The van der Waals surface area contributed by atoms with Crippen LogP contribution in [-0.4, -0.2) is 51.1 Å². The number of amides is 1. The summed E-state index contributed by atoms with van der Waals surface area (Å²) in [6.07, 6.45) is 0. The molecule has 0 saturated carbocycles. The first-order valence-electron chi connectivity index (χ1n) is 5.75. The predicted octanol–water partition coefficient (Wildman–Crippen LogP) is 0.738. The molecule has 1 N–H and O–H groups in total. The lowest BCUT2D eigenvalue weighted by Crippen LogP contribution is -2.27. The zero-order valence-electron chi connectivity index (χ0n) is 11.3. The monoisotopic (exact) mass is 266 g/mol. The lowest BCUT2D eigenvalue weighted by Gasteiger charge is -2.11. The summed E-state index contributed by atoms with van der Waals surface area (Å²) >= 11 is 0. The molecule has 0 atom stereocenters. The van der Waals surface area contributed by atoms with E-state index in [4.69, 9.17) is 4.74 Å². The fraction of sp³-hybridized carbons (Fsp3) is 0.385. The highest BCUT2D eigenvalue weighted by Crippen LogP contribution is 2.17. The molecule has 0 aromatic heterocycles. The van der Waals surface area contributed by atoms with Gasteiger partial charge in [0, 0.05) is 11.8 Å². The molecule has 19 heavy (non-hydrogen) atoms. The number of nitrogens with zero attached hydrogens (tertiary/aromatic N) is 1. The van der Waals surface area contributed by atoms with Gasteiger partial charge in [-0.1, -0.05) is 6.07 Å². The molecule has 0 saturated heterocycles. The summed E-state index contributed by atoms with van der Waals surface area (Å²) in [4.78, 5) is 24.3. The van der Waals surface area contributed by atoms with Crippen LogP contribution < -0.4 is 10.1 Å². The van der Waals surface area contributed by atoms with Crippen molar-refractivity contribution in [3.05, 3.63) is 24.3 Å². The van der Waals surface area contributed by atoms with Gasteiger partial charge in [0.05, 0.1) is 13.7 Å². The van der Waals surface area contributed by atoms with Crippen LogP contribution in [0.25, 0.3) is 0 Å². The zero-order chi connectivity index (χ0) is 14.3. The maximum absolute atomic E-state index is 11.6. The van der Waals surface area contributed by atoms with Crippen molar-refractivity contribution >= 4 is 17.6 Å². The second-order valence-corrected chi connectivity index (χ2v) is 4.18. The molecule has 0 bridgehead atoms. The summed E-state index contributed by atoms with van der Waals surface area (Å²) in [7, 11) is 4.93. The Balaban J connectivity index is 2.56. The van der Waals surface area contributed by atoms with Crippen LogP contribution in [0, 0.1) is 0 Å². The highest BCUT2D eigenvalue weighted by Gasteiger charge is 2.06. The van der Waals surface area contributed by atoms with E-state index in [1.165, 1.54) is 7.11 Å². The second kappa shape index (κ2) is 7.38. The zero-order valence-corrected chi connectivity index (χ0v) is 11.3. The molecule has 0 spiro atoms. The average Bonchev–Trinajstić information content (AvgIpc) is 2.35. The molecular weight excluding hydrogens is 248 g/mol. The van der Waals surface area contributed by atoms with Crippen molar-refractivity contribution < 1.29 is 19.1 Å². The van der Waals surface area contributed by atoms with E-state index in [1.807, 2.05) is 14.1 Å². The van der Waals surface area contributed by atoms with Crippen molar-refractivity contribution in [3.8, 4) is 5.75 Å². The molecule has 0 unspecified atom stereocenters. The third-order valence-electron chi connectivity index (χ3n) is 2.16. The minimum absolute atomic E-state index is 0.116. The summed E-state index contributed by atoms with van der Waals surface area (Å²) < 4.78 is 9.70. The van der Waals surface area contributed by atoms with Crippen molar-refractivity contribution in [1.82, 2.24) is 4.90 Å². The van der Waals surface area contributed by atoms with E-state index in [0.717, 1.165) is 0 Å². The Bertz CT molecular complexity index is 446. The summed E-state index contributed by atoms with van der Waals surface area (Å²) in [6.45, 7) is 0.138. The number of hydrogen-bond acceptors (Lipinski definition) is 5. The number of ether oxygens (including phenoxy) is 2. The molecule has 0 aliphatic carbocycles. The third-order valence-corrected chi connectivity index (χ3v) is 2.16. The van der Waals surface area contributed by atoms with Gasteiger partial charge in [-0.25, -0.2) is 4.79 Å². The van der Waals surface area contributed by atoms with Gasteiger partial charge in [0.1, 0.15) is 5.75 Å². The van der Waals surface area contributed by atoms with E-state index >= 15 is 0 Å². The molecule has 0 aliphatic heterocycles. The molecule has 1 aromatic carbocycles. The van der Waals surface area contributed by atoms with Crippen LogP contribution in [-0.2, 0) is 14.3 Å². The molecule has 1 aromatic rings. The van der Waals surface area contributed by atoms with Crippen LogP contribution in [0.15, 0.2) is 24.3 Å². The Morgan fingerprint density at radius 3 is 2.68 bits per heavy atom. The molecular formula is C13H18N2O4. The third kappa shape index (κ3) is 5.87. The minimum atomic E-state index is -0.456. The number of rotatable bonds is 6. The van der Waals surface area contributed by atoms with Crippen LogP contribution in [0.1, 0.15) is 0 Å². The van der Waals surface area contributed by atoms with Gasteiger partial charge >= 0.3 is 5.97 Å². The van der Waals surface area contributed by atoms with Gasteiger partial charge in [0.15, 0.2) is 6.61 Å². The molecule has 6 heteroatoms. The summed E-state index contributed by atoms with van der Waals surface area (Å²) in [5, 5.41) is 2.74. The number of carbonyl (C=O) groups is 2. The lowest BCUT2D eigenvalue weighted by atomic mass is 10.3. The number of likely N-dealkylation sites (N-methyl/N-ethyl adjacent to an activating group) is 1. The van der Waals surface area contributed by atoms with E-state index in [9.17, 15) is 9.59 Å². The number of benzene rings is 1. The van der Waals surface area contributed by atoms with Gasteiger partial charge in [-0.05, 0) is 26.2 Å². The van der Waals surface area contributed by atoms with Gasteiger partial charge in [-0.3, -0.25) is 4.79 Å². The highest BCUT2D eigenvalue weighted by atomic mass is 16.6. The SMILES string of the molecule is COC(=O)COc1cccc(NC(=O)CN(C)C)c1. The molecule has 0 aliphatic rings. The van der Waals surface area contributed by atoms with E-state index in [0.29, 0.717) is 18.0 Å². The van der Waals surface area contributed by atoms with Crippen LogP contribution in [0.5, 0.6) is 5.75 Å². The number of esters is 1. The summed E-state index contributed by atoms with van der Waals surface area (Å²) in [6, 6.07) is 6.83. The van der Waals surface area contributed by atoms with Gasteiger partial charge in [0.2, 0.25) is 5.91 Å². The van der Waals surface area contributed by atoms with Crippen LogP contribution >= 0.6 is 0 Å². The number of nitrogens with one attached hydrogen (secondary N) is 1. The molecule has 104 valence electrons. The maximum Gasteiger partial charge on any atom is 0.343 e. The number of anilines is 1.